The molecule has 0 radical (unpaired) electrons. The number of rotatable bonds is 8. The quantitative estimate of drug-likeness (QED) is 0.311. The first-order chi connectivity index (χ1) is 16.9. The highest BCUT2D eigenvalue weighted by Gasteiger charge is 2.22. The third kappa shape index (κ3) is 6.15. The normalized spacial score (nSPS) is 11.7. The van der Waals surface area contributed by atoms with Crippen LogP contribution in [-0.2, 0) is 6.42 Å². The number of halogens is 3. The minimum Gasteiger partial charge on any atom is -0.497 e. The number of hydrogen-bond donors (Lipinski definition) is 2. The number of nitrogens with one attached hydrogen (secondary N) is 2. The number of amides is 2. The van der Waals surface area contributed by atoms with Crippen LogP contribution in [0.3, 0.4) is 0 Å². The van der Waals surface area contributed by atoms with Crippen LogP contribution in [0.4, 0.5) is 18.0 Å². The van der Waals surface area contributed by atoms with Crippen LogP contribution in [0, 0.1) is 17.5 Å². The number of urea groups is 1. The molecule has 0 spiro atoms. The van der Waals surface area contributed by atoms with Crippen molar-refractivity contribution < 1.29 is 22.7 Å². The molecule has 0 aliphatic heterocycles. The van der Waals surface area contributed by atoms with Crippen molar-refractivity contribution in [2.24, 2.45) is 0 Å². The van der Waals surface area contributed by atoms with Gasteiger partial charge in [0.1, 0.15) is 29.0 Å². The maximum atomic E-state index is 13.9. The average Bonchev–Trinajstić information content (AvgIpc) is 3.32. The molecule has 180 valence electrons. The number of carbonyl (C=O) groups excluding carboxylic acids is 1. The van der Waals surface area contributed by atoms with Gasteiger partial charge in [0.2, 0.25) is 0 Å². The number of nitrogens with zero attached hydrogens (tertiary/aromatic N) is 2. The monoisotopic (exact) mass is 498 g/mol. The number of ether oxygens (including phenoxy) is 1. The molecule has 4 rings (SSSR count). The Labute approximate surface area is 204 Å². The van der Waals surface area contributed by atoms with Crippen LogP contribution in [0.15, 0.2) is 84.0 Å². The highest BCUT2D eigenvalue weighted by molar-refractivity contribution is 7.98. The van der Waals surface area contributed by atoms with Gasteiger partial charge in [-0.15, -0.1) is 0 Å². The molecule has 0 saturated carbocycles. The van der Waals surface area contributed by atoms with Gasteiger partial charge in [-0.25, -0.2) is 22.9 Å². The van der Waals surface area contributed by atoms with Crippen molar-refractivity contribution in [3.05, 3.63) is 108 Å². The lowest BCUT2D eigenvalue weighted by Crippen LogP contribution is -2.37. The fraction of sp³-hybridized carbons (Fsp3) is 0.120. The molecular formula is C25H21F3N4O2S. The van der Waals surface area contributed by atoms with Gasteiger partial charge in [0.15, 0.2) is 0 Å². The van der Waals surface area contributed by atoms with Crippen molar-refractivity contribution in [3.63, 3.8) is 0 Å². The second-order valence-electron chi connectivity index (χ2n) is 7.50. The van der Waals surface area contributed by atoms with E-state index in [0.29, 0.717) is 17.1 Å². The van der Waals surface area contributed by atoms with E-state index in [1.165, 1.54) is 24.3 Å². The van der Waals surface area contributed by atoms with Crippen LogP contribution < -0.4 is 14.8 Å². The minimum atomic E-state index is -0.769. The molecule has 1 heterocycles. The van der Waals surface area contributed by atoms with Crippen molar-refractivity contribution in [1.29, 1.82) is 0 Å². The van der Waals surface area contributed by atoms with Gasteiger partial charge in [-0.1, -0.05) is 12.1 Å². The van der Waals surface area contributed by atoms with E-state index in [-0.39, 0.29) is 11.3 Å². The summed E-state index contributed by atoms with van der Waals surface area (Å²) in [4.78, 5) is 17.4. The van der Waals surface area contributed by atoms with Crippen LogP contribution in [0.25, 0.3) is 5.69 Å². The van der Waals surface area contributed by atoms with Crippen molar-refractivity contribution in [1.82, 2.24) is 19.6 Å². The van der Waals surface area contributed by atoms with Crippen LogP contribution in [0.2, 0.25) is 0 Å². The summed E-state index contributed by atoms with van der Waals surface area (Å²) in [6.07, 6.45) is 3.33. The molecule has 0 bridgehead atoms. The van der Waals surface area contributed by atoms with Crippen molar-refractivity contribution >= 4 is 18.0 Å². The van der Waals surface area contributed by atoms with Gasteiger partial charge in [-0.2, -0.15) is 0 Å². The Morgan fingerprint density at radius 3 is 2.46 bits per heavy atom. The summed E-state index contributed by atoms with van der Waals surface area (Å²) < 4.78 is 51.1. The first-order valence-electron chi connectivity index (χ1n) is 10.5. The van der Waals surface area contributed by atoms with E-state index < -0.39 is 29.5 Å². The van der Waals surface area contributed by atoms with Crippen LogP contribution in [0.5, 0.6) is 5.75 Å². The smallest absolute Gasteiger partial charge is 0.325 e. The third-order valence-corrected chi connectivity index (χ3v) is 5.93. The van der Waals surface area contributed by atoms with Gasteiger partial charge in [-0.05, 0) is 66.0 Å². The van der Waals surface area contributed by atoms with E-state index in [4.69, 9.17) is 4.74 Å². The Morgan fingerprint density at radius 1 is 1.06 bits per heavy atom. The molecule has 0 saturated heterocycles. The first kappa shape index (κ1) is 24.2. The molecule has 2 amide bonds. The second kappa shape index (κ2) is 11.0. The Hall–Kier alpha value is -3.92. The largest absolute Gasteiger partial charge is 0.497 e. The van der Waals surface area contributed by atoms with Crippen LogP contribution >= 0.6 is 11.9 Å². The van der Waals surface area contributed by atoms with Gasteiger partial charge in [-0.3, -0.25) is 4.72 Å². The van der Waals surface area contributed by atoms with Gasteiger partial charge >= 0.3 is 6.03 Å². The zero-order chi connectivity index (χ0) is 24.8. The molecule has 35 heavy (non-hydrogen) atoms. The van der Waals surface area contributed by atoms with Gasteiger partial charge < -0.3 is 14.6 Å². The standard InChI is InChI=1S/C25H21F3N4O2S/c1-34-20-8-6-19(7-9-20)32-11-10-29-24(32)22(14-16-12-17(26)15-18(27)13-16)30-25(33)31-35-23-5-3-2-4-21(23)28/h2-13,15,22H,14H2,1H3,(H2,30,31,33). The summed E-state index contributed by atoms with van der Waals surface area (Å²) in [6, 6.07) is 15.0. The van der Waals surface area contributed by atoms with Gasteiger partial charge in [0.25, 0.3) is 0 Å². The van der Waals surface area contributed by atoms with Gasteiger partial charge in [0.05, 0.1) is 18.0 Å². The first-order valence-corrected chi connectivity index (χ1v) is 11.3. The summed E-state index contributed by atoms with van der Waals surface area (Å²) in [5.41, 5.74) is 1.08. The molecule has 0 aliphatic carbocycles. The summed E-state index contributed by atoms with van der Waals surface area (Å²) in [7, 11) is 1.56. The molecule has 6 nitrogen and oxygen atoms in total. The highest BCUT2D eigenvalue weighted by atomic mass is 32.2. The van der Waals surface area contributed by atoms with E-state index in [0.717, 1.165) is 23.7 Å². The fourth-order valence-corrected chi connectivity index (χ4v) is 4.10. The average molecular weight is 499 g/mol. The van der Waals surface area contributed by atoms with E-state index in [1.807, 2.05) is 12.1 Å². The van der Waals surface area contributed by atoms with Gasteiger partial charge in [0, 0.05) is 30.6 Å². The summed E-state index contributed by atoms with van der Waals surface area (Å²) in [5.74, 6) is -0.816. The van der Waals surface area contributed by atoms with Crippen molar-refractivity contribution in [2.45, 2.75) is 17.4 Å². The van der Waals surface area contributed by atoms with Crippen molar-refractivity contribution in [2.75, 3.05) is 7.11 Å². The summed E-state index contributed by atoms with van der Waals surface area (Å²) in [5, 5.41) is 2.78. The lowest BCUT2D eigenvalue weighted by Gasteiger charge is -2.20. The molecule has 0 fully saturated rings. The number of methoxy groups -OCH3 is 1. The van der Waals surface area contributed by atoms with E-state index in [9.17, 15) is 18.0 Å². The van der Waals surface area contributed by atoms with E-state index in [2.05, 4.69) is 15.0 Å². The maximum absolute atomic E-state index is 13.9. The van der Waals surface area contributed by atoms with Crippen molar-refractivity contribution in [3.8, 4) is 11.4 Å². The topological polar surface area (TPSA) is 68.2 Å². The van der Waals surface area contributed by atoms with Crippen LogP contribution in [-0.4, -0.2) is 22.7 Å². The van der Waals surface area contributed by atoms with E-state index >= 15 is 0 Å². The molecule has 1 atom stereocenters. The number of imidazole rings is 1. The minimum absolute atomic E-state index is 0.0552. The highest BCUT2D eigenvalue weighted by Crippen LogP contribution is 2.24. The zero-order valence-corrected chi connectivity index (χ0v) is 19.4. The maximum Gasteiger partial charge on any atom is 0.325 e. The SMILES string of the molecule is COc1ccc(-n2ccnc2C(Cc2cc(F)cc(F)c2)NC(=O)NSc2ccccc2F)cc1. The summed E-state index contributed by atoms with van der Waals surface area (Å²) >= 11 is 0.812. The predicted octanol–water partition coefficient (Wildman–Crippen LogP) is 5.59. The lowest BCUT2D eigenvalue weighted by molar-refractivity contribution is 0.242. The Balaban J connectivity index is 1.60. The Bertz CT molecular complexity index is 1290. The number of carbonyl (C=O) groups is 1. The number of aromatic nitrogens is 2. The summed E-state index contributed by atoms with van der Waals surface area (Å²) in [6.45, 7) is 0. The predicted molar refractivity (Wildman–Crippen MR) is 127 cm³/mol. The molecule has 10 heteroatoms. The number of hydrogen-bond acceptors (Lipinski definition) is 4. The second-order valence-corrected chi connectivity index (χ2v) is 8.34. The molecule has 0 aliphatic rings. The molecule has 3 aromatic carbocycles. The third-order valence-electron chi connectivity index (χ3n) is 5.09. The molecule has 1 aromatic heterocycles. The molecule has 1 unspecified atom stereocenters. The fourth-order valence-electron chi connectivity index (χ4n) is 3.52. The Morgan fingerprint density at radius 2 is 1.77 bits per heavy atom. The zero-order valence-electron chi connectivity index (χ0n) is 18.5. The lowest BCUT2D eigenvalue weighted by atomic mass is 10.0. The van der Waals surface area contributed by atoms with Crippen LogP contribution in [0.1, 0.15) is 17.4 Å². The van der Waals surface area contributed by atoms with E-state index in [1.54, 1.807) is 48.3 Å². The molecule has 2 N–H and O–H groups in total. The molecular weight excluding hydrogens is 477 g/mol. The molecule has 4 aromatic rings. The Kier molecular flexibility index (Phi) is 7.61. The number of benzene rings is 3.